The molecule has 118 valence electrons. The van der Waals surface area contributed by atoms with E-state index in [1.807, 2.05) is 12.1 Å². The summed E-state index contributed by atoms with van der Waals surface area (Å²) in [6.07, 6.45) is 7.88. The Morgan fingerprint density at radius 3 is 3.00 bits per heavy atom. The van der Waals surface area contributed by atoms with Gasteiger partial charge in [-0.1, -0.05) is 6.07 Å². The monoisotopic (exact) mass is 310 g/mol. The van der Waals surface area contributed by atoms with Crippen molar-refractivity contribution in [2.24, 2.45) is 5.92 Å². The van der Waals surface area contributed by atoms with Gasteiger partial charge < -0.3 is 9.64 Å². The third kappa shape index (κ3) is 3.16. The summed E-state index contributed by atoms with van der Waals surface area (Å²) in [6.45, 7) is 1.96. The van der Waals surface area contributed by atoms with Crippen LogP contribution in [0.15, 0.2) is 30.7 Å². The lowest BCUT2D eigenvalue weighted by atomic mass is 10.1. The molecule has 23 heavy (non-hydrogen) atoms. The highest BCUT2D eigenvalue weighted by molar-refractivity contribution is 5.92. The number of fused-ring (bicyclic) bond motifs is 1. The molecule has 0 unspecified atom stereocenters. The lowest BCUT2D eigenvalue weighted by molar-refractivity contribution is 0.0727. The Labute approximate surface area is 134 Å². The molecule has 4 rings (SSSR count). The van der Waals surface area contributed by atoms with Gasteiger partial charge >= 0.3 is 0 Å². The molecule has 2 aliphatic rings. The number of rotatable bonds is 4. The molecule has 1 aliphatic carbocycles. The molecule has 0 N–H and O–H groups in total. The van der Waals surface area contributed by atoms with Crippen LogP contribution >= 0.6 is 0 Å². The summed E-state index contributed by atoms with van der Waals surface area (Å²) in [7, 11) is 0. The van der Waals surface area contributed by atoms with Gasteiger partial charge in [0.05, 0.1) is 18.5 Å². The highest BCUT2D eigenvalue weighted by Crippen LogP contribution is 2.29. The van der Waals surface area contributed by atoms with Gasteiger partial charge in [0.15, 0.2) is 0 Å². The van der Waals surface area contributed by atoms with E-state index >= 15 is 0 Å². The van der Waals surface area contributed by atoms with Crippen LogP contribution < -0.4 is 4.74 Å². The molecule has 0 atom stereocenters. The van der Waals surface area contributed by atoms with Crippen LogP contribution in [-0.4, -0.2) is 38.9 Å². The molecule has 1 fully saturated rings. The molecule has 1 amide bonds. The zero-order valence-electron chi connectivity index (χ0n) is 12.8. The van der Waals surface area contributed by atoms with Crippen LogP contribution in [0.1, 0.15) is 34.6 Å². The van der Waals surface area contributed by atoms with Crippen LogP contribution in [0.3, 0.4) is 0 Å². The molecule has 2 aromatic heterocycles. The van der Waals surface area contributed by atoms with Gasteiger partial charge in [0.2, 0.25) is 5.88 Å². The Morgan fingerprint density at radius 2 is 2.22 bits per heavy atom. The second-order valence-corrected chi connectivity index (χ2v) is 6.08. The third-order valence-corrected chi connectivity index (χ3v) is 4.26. The predicted molar refractivity (Wildman–Crippen MR) is 82.9 cm³/mol. The van der Waals surface area contributed by atoms with Crippen molar-refractivity contribution >= 4 is 5.91 Å². The maximum absolute atomic E-state index is 12.4. The molecule has 0 radical (unpaired) electrons. The number of aromatic nitrogens is 3. The average molecular weight is 310 g/mol. The van der Waals surface area contributed by atoms with Crippen molar-refractivity contribution in [2.45, 2.75) is 25.8 Å². The van der Waals surface area contributed by atoms with Crippen LogP contribution in [0.4, 0.5) is 0 Å². The van der Waals surface area contributed by atoms with Gasteiger partial charge in [-0.05, 0) is 24.3 Å². The summed E-state index contributed by atoms with van der Waals surface area (Å²) in [6, 6.07) is 3.91. The zero-order chi connectivity index (χ0) is 15.6. The van der Waals surface area contributed by atoms with Gasteiger partial charge in [0.25, 0.3) is 5.91 Å². The minimum absolute atomic E-state index is 0.0854. The van der Waals surface area contributed by atoms with Crippen LogP contribution in [0, 0.1) is 5.92 Å². The summed E-state index contributed by atoms with van der Waals surface area (Å²) in [5, 5.41) is 0. The first-order valence-corrected chi connectivity index (χ1v) is 7.96. The van der Waals surface area contributed by atoms with E-state index in [0.29, 0.717) is 30.6 Å². The van der Waals surface area contributed by atoms with Crippen molar-refractivity contribution < 1.29 is 9.53 Å². The van der Waals surface area contributed by atoms with E-state index < -0.39 is 0 Å². The predicted octanol–water partition coefficient (Wildman–Crippen LogP) is 1.86. The van der Waals surface area contributed by atoms with E-state index in [1.165, 1.54) is 25.2 Å². The molecular weight excluding hydrogens is 292 g/mol. The van der Waals surface area contributed by atoms with E-state index in [-0.39, 0.29) is 5.91 Å². The van der Waals surface area contributed by atoms with E-state index in [1.54, 1.807) is 11.1 Å². The summed E-state index contributed by atoms with van der Waals surface area (Å²) >= 11 is 0. The number of amides is 1. The van der Waals surface area contributed by atoms with E-state index in [2.05, 4.69) is 15.0 Å². The largest absolute Gasteiger partial charge is 0.477 e. The molecule has 6 nitrogen and oxygen atoms in total. The second-order valence-electron chi connectivity index (χ2n) is 6.08. The molecule has 2 aromatic rings. The molecule has 6 heteroatoms. The summed E-state index contributed by atoms with van der Waals surface area (Å²) in [5.41, 5.74) is 2.49. The number of ether oxygens (including phenoxy) is 1. The number of hydrogen-bond acceptors (Lipinski definition) is 5. The van der Waals surface area contributed by atoms with E-state index in [4.69, 9.17) is 4.74 Å². The minimum Gasteiger partial charge on any atom is -0.477 e. The first kappa shape index (κ1) is 14.1. The SMILES string of the molecule is O=C(c1cnccn1)N1CCc2nc(OCC3CC3)ccc2C1. The standard InChI is InChI=1S/C17H18N4O2/c22-17(15-9-18-6-7-19-15)21-8-5-14-13(10-21)3-4-16(20-14)23-11-12-1-2-12/h3-4,6-7,9,12H,1-2,5,8,10-11H2. The number of carbonyl (C=O) groups excluding carboxylic acids is 1. The Morgan fingerprint density at radius 1 is 1.30 bits per heavy atom. The van der Waals surface area contributed by atoms with Crippen molar-refractivity contribution in [3.05, 3.63) is 47.7 Å². The van der Waals surface area contributed by atoms with Crippen molar-refractivity contribution in [3.8, 4) is 5.88 Å². The number of carbonyl (C=O) groups is 1. The van der Waals surface area contributed by atoms with Crippen LogP contribution in [0.5, 0.6) is 5.88 Å². The summed E-state index contributed by atoms with van der Waals surface area (Å²) < 4.78 is 5.73. The highest BCUT2D eigenvalue weighted by Gasteiger charge is 2.25. The maximum atomic E-state index is 12.4. The fourth-order valence-corrected chi connectivity index (χ4v) is 2.71. The third-order valence-electron chi connectivity index (χ3n) is 4.26. The van der Waals surface area contributed by atoms with Gasteiger partial charge in [-0.25, -0.2) is 9.97 Å². The van der Waals surface area contributed by atoms with E-state index in [9.17, 15) is 4.79 Å². The second kappa shape index (κ2) is 5.95. The fraction of sp³-hybridized carbons (Fsp3) is 0.412. The van der Waals surface area contributed by atoms with E-state index in [0.717, 1.165) is 24.3 Å². The van der Waals surface area contributed by atoms with Crippen molar-refractivity contribution in [3.63, 3.8) is 0 Å². The van der Waals surface area contributed by atoms with Crippen LogP contribution in [-0.2, 0) is 13.0 Å². The molecule has 0 saturated heterocycles. The van der Waals surface area contributed by atoms with Gasteiger partial charge in [-0.3, -0.25) is 9.78 Å². The van der Waals surface area contributed by atoms with Crippen molar-refractivity contribution in [1.29, 1.82) is 0 Å². The summed E-state index contributed by atoms with van der Waals surface area (Å²) in [5.74, 6) is 1.33. The topological polar surface area (TPSA) is 68.2 Å². The summed E-state index contributed by atoms with van der Waals surface area (Å²) in [4.78, 5) is 26.9. The Hall–Kier alpha value is -2.50. The number of hydrogen-bond donors (Lipinski definition) is 0. The van der Waals surface area contributed by atoms with Gasteiger partial charge in [0.1, 0.15) is 5.69 Å². The molecule has 3 heterocycles. The fourth-order valence-electron chi connectivity index (χ4n) is 2.71. The molecule has 1 aliphatic heterocycles. The molecule has 0 spiro atoms. The van der Waals surface area contributed by atoms with Gasteiger partial charge in [0, 0.05) is 38.0 Å². The molecule has 0 aromatic carbocycles. The maximum Gasteiger partial charge on any atom is 0.274 e. The Bertz CT molecular complexity index is 716. The Kier molecular flexibility index (Phi) is 3.65. The Balaban J connectivity index is 1.45. The minimum atomic E-state index is -0.0854. The smallest absolute Gasteiger partial charge is 0.274 e. The quantitative estimate of drug-likeness (QED) is 0.862. The van der Waals surface area contributed by atoms with Gasteiger partial charge in [-0.2, -0.15) is 0 Å². The normalized spacial score (nSPS) is 16.8. The first-order chi connectivity index (χ1) is 11.3. The molecule has 1 saturated carbocycles. The zero-order valence-corrected chi connectivity index (χ0v) is 12.8. The highest BCUT2D eigenvalue weighted by atomic mass is 16.5. The lowest BCUT2D eigenvalue weighted by Crippen LogP contribution is -2.36. The van der Waals surface area contributed by atoms with Crippen molar-refractivity contribution in [2.75, 3.05) is 13.2 Å². The number of pyridine rings is 1. The van der Waals surface area contributed by atoms with Crippen molar-refractivity contribution in [1.82, 2.24) is 19.9 Å². The van der Waals surface area contributed by atoms with Crippen LogP contribution in [0.25, 0.3) is 0 Å². The average Bonchev–Trinajstić information content (AvgIpc) is 3.44. The van der Waals surface area contributed by atoms with Gasteiger partial charge in [-0.15, -0.1) is 0 Å². The molecular formula is C17H18N4O2. The lowest BCUT2D eigenvalue weighted by Gasteiger charge is -2.28. The molecule has 0 bridgehead atoms. The number of nitrogens with zero attached hydrogens (tertiary/aromatic N) is 4. The first-order valence-electron chi connectivity index (χ1n) is 7.96. The van der Waals surface area contributed by atoms with Crippen LogP contribution in [0.2, 0.25) is 0 Å².